The third-order valence-corrected chi connectivity index (χ3v) is 2.54. The van der Waals surface area contributed by atoms with Crippen molar-refractivity contribution in [1.82, 2.24) is 4.98 Å². The molecular formula is C14H15NO2. The molecule has 17 heavy (non-hydrogen) atoms. The number of aromatic nitrogens is 1. The van der Waals surface area contributed by atoms with Gasteiger partial charge in [0, 0.05) is 24.4 Å². The van der Waals surface area contributed by atoms with Crippen LogP contribution in [0.4, 0.5) is 0 Å². The predicted molar refractivity (Wildman–Crippen MR) is 65.8 cm³/mol. The van der Waals surface area contributed by atoms with Gasteiger partial charge in [-0.25, -0.2) is 0 Å². The number of pyridine rings is 1. The summed E-state index contributed by atoms with van der Waals surface area (Å²) in [4.78, 5) is 3.97. The third-order valence-electron chi connectivity index (χ3n) is 2.54. The van der Waals surface area contributed by atoms with Crippen LogP contribution in [0.25, 0.3) is 0 Å². The van der Waals surface area contributed by atoms with Crippen LogP contribution >= 0.6 is 0 Å². The van der Waals surface area contributed by atoms with Gasteiger partial charge in [-0.2, -0.15) is 0 Å². The summed E-state index contributed by atoms with van der Waals surface area (Å²) in [5.74, 6) is 0.754. The normalized spacial score (nSPS) is 10.2. The summed E-state index contributed by atoms with van der Waals surface area (Å²) in [6.07, 6.45) is 4.39. The van der Waals surface area contributed by atoms with Crippen LogP contribution in [0.3, 0.4) is 0 Å². The van der Waals surface area contributed by atoms with E-state index in [1.54, 1.807) is 12.4 Å². The van der Waals surface area contributed by atoms with E-state index in [2.05, 4.69) is 4.98 Å². The highest BCUT2D eigenvalue weighted by molar-refractivity contribution is 5.32. The van der Waals surface area contributed by atoms with Crippen molar-refractivity contribution in [3.63, 3.8) is 0 Å². The van der Waals surface area contributed by atoms with Crippen LogP contribution in [0, 0.1) is 0 Å². The molecule has 88 valence electrons. The molecule has 0 unspecified atom stereocenters. The molecule has 0 aliphatic rings. The quantitative estimate of drug-likeness (QED) is 0.854. The first-order chi connectivity index (χ1) is 8.40. The summed E-state index contributed by atoms with van der Waals surface area (Å²) in [6, 6.07) is 11.5. The Labute approximate surface area is 101 Å². The van der Waals surface area contributed by atoms with Gasteiger partial charge < -0.3 is 9.84 Å². The molecule has 0 aliphatic heterocycles. The summed E-state index contributed by atoms with van der Waals surface area (Å²) in [6.45, 7) is 0.604. The first kappa shape index (κ1) is 11.6. The van der Waals surface area contributed by atoms with Gasteiger partial charge in [0.05, 0.1) is 13.2 Å². The molecule has 0 fully saturated rings. The van der Waals surface area contributed by atoms with Gasteiger partial charge in [0.25, 0.3) is 0 Å². The zero-order valence-corrected chi connectivity index (χ0v) is 9.54. The number of para-hydroxylation sites is 1. The van der Waals surface area contributed by atoms with Gasteiger partial charge in [-0.15, -0.1) is 0 Å². The first-order valence-corrected chi connectivity index (χ1v) is 5.60. The maximum atomic E-state index is 9.15. The molecule has 0 spiro atoms. The summed E-state index contributed by atoms with van der Waals surface area (Å²) in [5.41, 5.74) is 2.02. The molecular weight excluding hydrogens is 214 g/mol. The van der Waals surface area contributed by atoms with Gasteiger partial charge in [0.15, 0.2) is 0 Å². The lowest BCUT2D eigenvalue weighted by molar-refractivity contribution is 0.264. The highest BCUT2D eigenvalue weighted by Gasteiger charge is 2.01. The molecule has 1 aromatic carbocycles. The third kappa shape index (κ3) is 3.29. The van der Waals surface area contributed by atoms with E-state index in [0.717, 1.165) is 17.7 Å². The zero-order chi connectivity index (χ0) is 11.9. The predicted octanol–water partition coefficient (Wildman–Crippen LogP) is 2.20. The Bertz CT molecular complexity index is 457. The largest absolute Gasteiger partial charge is 0.493 e. The van der Waals surface area contributed by atoms with Crippen molar-refractivity contribution >= 4 is 0 Å². The van der Waals surface area contributed by atoms with Crippen LogP contribution in [0.2, 0.25) is 0 Å². The van der Waals surface area contributed by atoms with Crippen LogP contribution in [-0.4, -0.2) is 16.7 Å². The highest BCUT2D eigenvalue weighted by Crippen LogP contribution is 2.17. The van der Waals surface area contributed by atoms with Crippen molar-refractivity contribution in [1.29, 1.82) is 0 Å². The molecule has 0 aliphatic carbocycles. The number of aliphatic hydroxyl groups is 1. The first-order valence-electron chi connectivity index (χ1n) is 5.60. The Balaban J connectivity index is 1.90. The van der Waals surface area contributed by atoms with Crippen molar-refractivity contribution in [3.05, 3.63) is 59.9 Å². The molecule has 3 nitrogen and oxygen atoms in total. The number of hydrogen-bond donors (Lipinski definition) is 1. The van der Waals surface area contributed by atoms with Gasteiger partial charge in [-0.1, -0.05) is 18.2 Å². The van der Waals surface area contributed by atoms with Crippen molar-refractivity contribution < 1.29 is 9.84 Å². The van der Waals surface area contributed by atoms with Gasteiger partial charge in [-0.05, 0) is 23.8 Å². The van der Waals surface area contributed by atoms with E-state index in [9.17, 15) is 0 Å². The maximum Gasteiger partial charge on any atom is 0.124 e. The van der Waals surface area contributed by atoms with Crippen LogP contribution in [0.5, 0.6) is 5.75 Å². The number of benzene rings is 1. The molecule has 0 atom stereocenters. The molecule has 2 rings (SSSR count). The van der Waals surface area contributed by atoms with Crippen LogP contribution in [0.1, 0.15) is 11.1 Å². The smallest absolute Gasteiger partial charge is 0.124 e. The maximum absolute atomic E-state index is 9.15. The summed E-state index contributed by atoms with van der Waals surface area (Å²) in [5, 5.41) is 9.15. The number of aliphatic hydroxyl groups excluding tert-OH is 1. The lowest BCUT2D eigenvalue weighted by atomic mass is 10.2. The summed E-state index contributed by atoms with van der Waals surface area (Å²) in [7, 11) is 0. The Hall–Kier alpha value is -1.87. The molecule has 0 saturated carbocycles. The minimum Gasteiger partial charge on any atom is -0.493 e. The number of nitrogens with zero attached hydrogens (tertiary/aromatic N) is 1. The van der Waals surface area contributed by atoms with Crippen molar-refractivity contribution in [3.8, 4) is 5.75 Å². The average molecular weight is 229 g/mol. The molecule has 1 heterocycles. The monoisotopic (exact) mass is 229 g/mol. The second kappa shape index (κ2) is 6.01. The topological polar surface area (TPSA) is 42.4 Å². The van der Waals surface area contributed by atoms with Crippen molar-refractivity contribution in [2.45, 2.75) is 13.0 Å². The standard InChI is InChI=1S/C14H15NO2/c16-11-13-3-1-2-4-14(13)17-10-7-12-5-8-15-9-6-12/h1-6,8-9,16H,7,10-11H2. The fraction of sp³-hybridized carbons (Fsp3) is 0.214. The van der Waals surface area contributed by atoms with Crippen LogP contribution in [-0.2, 0) is 13.0 Å². The van der Waals surface area contributed by atoms with E-state index in [-0.39, 0.29) is 6.61 Å². The van der Waals surface area contributed by atoms with E-state index in [1.165, 1.54) is 5.56 Å². The molecule has 0 bridgehead atoms. The number of rotatable bonds is 5. The number of hydrogen-bond acceptors (Lipinski definition) is 3. The minimum absolute atomic E-state index is 0.00539. The van der Waals surface area contributed by atoms with Crippen LogP contribution in [0.15, 0.2) is 48.8 Å². The number of ether oxygens (including phenoxy) is 1. The molecule has 1 N–H and O–H groups in total. The van der Waals surface area contributed by atoms with Gasteiger partial charge in [-0.3, -0.25) is 4.98 Å². The Morgan fingerprint density at radius 3 is 2.59 bits per heavy atom. The fourth-order valence-electron chi connectivity index (χ4n) is 1.60. The van der Waals surface area contributed by atoms with E-state index < -0.39 is 0 Å². The van der Waals surface area contributed by atoms with E-state index in [4.69, 9.17) is 9.84 Å². The van der Waals surface area contributed by atoms with E-state index in [0.29, 0.717) is 6.61 Å². The molecule has 0 saturated heterocycles. The van der Waals surface area contributed by atoms with Crippen LogP contribution < -0.4 is 4.74 Å². The second-order valence-corrected chi connectivity index (χ2v) is 3.72. The SMILES string of the molecule is OCc1ccccc1OCCc1ccncc1. The van der Waals surface area contributed by atoms with E-state index in [1.807, 2.05) is 36.4 Å². The molecule has 0 amide bonds. The second-order valence-electron chi connectivity index (χ2n) is 3.72. The average Bonchev–Trinajstić information content (AvgIpc) is 2.40. The minimum atomic E-state index is 0.00539. The van der Waals surface area contributed by atoms with Gasteiger partial charge in [0.1, 0.15) is 5.75 Å². The lowest BCUT2D eigenvalue weighted by Gasteiger charge is -2.09. The Morgan fingerprint density at radius 2 is 1.82 bits per heavy atom. The van der Waals surface area contributed by atoms with Gasteiger partial charge >= 0.3 is 0 Å². The summed E-state index contributed by atoms with van der Waals surface area (Å²) < 4.78 is 5.65. The summed E-state index contributed by atoms with van der Waals surface area (Å²) >= 11 is 0. The molecule has 2 aromatic rings. The van der Waals surface area contributed by atoms with E-state index >= 15 is 0 Å². The lowest BCUT2D eigenvalue weighted by Crippen LogP contribution is -2.03. The molecule has 3 heteroatoms. The Morgan fingerprint density at radius 1 is 1.06 bits per heavy atom. The highest BCUT2D eigenvalue weighted by atomic mass is 16.5. The molecule has 0 radical (unpaired) electrons. The van der Waals surface area contributed by atoms with Crippen molar-refractivity contribution in [2.24, 2.45) is 0 Å². The zero-order valence-electron chi connectivity index (χ0n) is 9.54. The Kier molecular flexibility index (Phi) is 4.11. The fourth-order valence-corrected chi connectivity index (χ4v) is 1.60. The van der Waals surface area contributed by atoms with Crippen molar-refractivity contribution in [2.75, 3.05) is 6.61 Å². The van der Waals surface area contributed by atoms with Gasteiger partial charge in [0.2, 0.25) is 0 Å². The molecule has 1 aromatic heterocycles.